The SMILES string of the molecule is O=C(Nc1ccc(C(F)(F)F)cc1)N(C/C=C/c1ccccc1)CCc1ccccn1. The Morgan fingerprint density at radius 3 is 2.32 bits per heavy atom. The highest BCUT2D eigenvalue weighted by molar-refractivity contribution is 5.89. The van der Waals surface area contributed by atoms with Gasteiger partial charge in [-0.25, -0.2) is 4.79 Å². The van der Waals surface area contributed by atoms with E-state index in [9.17, 15) is 18.0 Å². The maximum Gasteiger partial charge on any atom is 0.416 e. The van der Waals surface area contributed by atoms with Crippen molar-refractivity contribution in [2.24, 2.45) is 0 Å². The minimum atomic E-state index is -4.42. The summed E-state index contributed by atoms with van der Waals surface area (Å²) in [4.78, 5) is 18.7. The molecule has 2 aromatic carbocycles. The van der Waals surface area contributed by atoms with Gasteiger partial charge in [0.2, 0.25) is 0 Å². The Hall–Kier alpha value is -3.61. The van der Waals surface area contributed by atoms with Crippen LogP contribution in [0, 0.1) is 0 Å². The van der Waals surface area contributed by atoms with Gasteiger partial charge in [0.1, 0.15) is 0 Å². The van der Waals surface area contributed by atoms with Crippen molar-refractivity contribution in [3.63, 3.8) is 0 Å². The molecule has 0 fully saturated rings. The van der Waals surface area contributed by atoms with Gasteiger partial charge in [-0.1, -0.05) is 48.6 Å². The van der Waals surface area contributed by atoms with E-state index in [4.69, 9.17) is 0 Å². The number of hydrogen-bond acceptors (Lipinski definition) is 2. The predicted molar refractivity (Wildman–Crippen MR) is 115 cm³/mol. The van der Waals surface area contributed by atoms with Crippen LogP contribution in [0.5, 0.6) is 0 Å². The minimum absolute atomic E-state index is 0.299. The van der Waals surface area contributed by atoms with Gasteiger partial charge in [-0.2, -0.15) is 13.2 Å². The number of urea groups is 1. The molecule has 0 aliphatic carbocycles. The summed E-state index contributed by atoms with van der Waals surface area (Å²) in [5.41, 5.74) is 1.40. The van der Waals surface area contributed by atoms with Crippen LogP contribution in [0.4, 0.5) is 23.7 Å². The molecule has 0 unspecified atom stereocenters. The standard InChI is InChI=1S/C24H22F3N3O/c25-24(26,27)20-11-13-22(14-12-20)29-23(31)30(18-15-21-10-4-5-16-28-21)17-6-9-19-7-2-1-3-8-19/h1-14,16H,15,17-18H2,(H,29,31)/b9-6+. The molecular weight excluding hydrogens is 403 g/mol. The van der Waals surface area contributed by atoms with Crippen LogP contribution < -0.4 is 5.32 Å². The van der Waals surface area contributed by atoms with Crippen molar-refractivity contribution in [1.82, 2.24) is 9.88 Å². The predicted octanol–water partition coefficient (Wildman–Crippen LogP) is 5.89. The highest BCUT2D eigenvalue weighted by Crippen LogP contribution is 2.29. The van der Waals surface area contributed by atoms with E-state index in [1.54, 1.807) is 11.1 Å². The average molecular weight is 425 g/mol. The lowest BCUT2D eigenvalue weighted by molar-refractivity contribution is -0.137. The molecule has 0 radical (unpaired) electrons. The Morgan fingerprint density at radius 2 is 1.68 bits per heavy atom. The van der Waals surface area contributed by atoms with E-state index >= 15 is 0 Å². The third kappa shape index (κ3) is 6.99. The molecule has 0 aliphatic rings. The number of carbonyl (C=O) groups is 1. The van der Waals surface area contributed by atoms with Crippen molar-refractivity contribution >= 4 is 17.8 Å². The number of amides is 2. The zero-order valence-electron chi connectivity index (χ0n) is 16.7. The summed E-state index contributed by atoms with van der Waals surface area (Å²) in [6.45, 7) is 0.747. The van der Waals surface area contributed by atoms with Crippen LogP contribution in [0.25, 0.3) is 6.08 Å². The van der Waals surface area contributed by atoms with Crippen LogP contribution in [0.15, 0.2) is 85.1 Å². The zero-order chi connectivity index (χ0) is 22.1. The first-order valence-corrected chi connectivity index (χ1v) is 9.76. The minimum Gasteiger partial charge on any atom is -0.320 e. The molecular formula is C24H22F3N3O. The van der Waals surface area contributed by atoms with Gasteiger partial charge in [-0.05, 0) is 42.0 Å². The smallest absolute Gasteiger partial charge is 0.320 e. The molecule has 0 spiro atoms. The molecule has 3 rings (SSSR count). The summed E-state index contributed by atoms with van der Waals surface area (Å²) in [5.74, 6) is 0. The van der Waals surface area contributed by atoms with E-state index in [1.807, 2.05) is 60.7 Å². The van der Waals surface area contributed by atoms with Gasteiger partial charge in [0.25, 0.3) is 0 Å². The topological polar surface area (TPSA) is 45.2 Å². The fourth-order valence-electron chi connectivity index (χ4n) is 2.90. The summed E-state index contributed by atoms with van der Waals surface area (Å²) in [7, 11) is 0. The number of anilines is 1. The van der Waals surface area contributed by atoms with E-state index in [0.717, 1.165) is 23.4 Å². The zero-order valence-corrected chi connectivity index (χ0v) is 16.7. The molecule has 3 aromatic rings. The lowest BCUT2D eigenvalue weighted by atomic mass is 10.2. The Morgan fingerprint density at radius 1 is 0.968 bits per heavy atom. The fraction of sp³-hybridized carbons (Fsp3) is 0.167. The number of nitrogens with zero attached hydrogens (tertiary/aromatic N) is 2. The van der Waals surface area contributed by atoms with E-state index in [1.165, 1.54) is 12.1 Å². The molecule has 0 atom stereocenters. The van der Waals surface area contributed by atoms with Crippen LogP contribution in [0.2, 0.25) is 0 Å². The van der Waals surface area contributed by atoms with Crippen molar-refractivity contribution in [2.75, 3.05) is 18.4 Å². The Labute approximate surface area is 179 Å². The maximum atomic E-state index is 12.8. The second-order valence-electron chi connectivity index (χ2n) is 6.84. The van der Waals surface area contributed by atoms with Gasteiger partial charge in [0.15, 0.2) is 0 Å². The lowest BCUT2D eigenvalue weighted by Crippen LogP contribution is -2.36. The van der Waals surface area contributed by atoms with Gasteiger partial charge in [-0.3, -0.25) is 4.98 Å². The van der Waals surface area contributed by atoms with Crippen molar-refractivity contribution < 1.29 is 18.0 Å². The first-order valence-electron chi connectivity index (χ1n) is 9.76. The first-order chi connectivity index (χ1) is 14.9. The molecule has 31 heavy (non-hydrogen) atoms. The van der Waals surface area contributed by atoms with Crippen molar-refractivity contribution in [3.05, 3.63) is 102 Å². The van der Waals surface area contributed by atoms with E-state index in [-0.39, 0.29) is 0 Å². The van der Waals surface area contributed by atoms with Gasteiger partial charge in [-0.15, -0.1) is 0 Å². The largest absolute Gasteiger partial charge is 0.416 e. The summed E-state index contributed by atoms with van der Waals surface area (Å²) in [6, 6.07) is 19.3. The monoisotopic (exact) mass is 425 g/mol. The molecule has 0 bridgehead atoms. The fourth-order valence-corrected chi connectivity index (χ4v) is 2.90. The molecule has 7 heteroatoms. The molecule has 160 valence electrons. The first kappa shape index (κ1) is 22.1. The van der Waals surface area contributed by atoms with E-state index < -0.39 is 17.8 Å². The summed E-state index contributed by atoms with van der Waals surface area (Å²) in [6.07, 6.45) is 1.62. The Bertz CT molecular complexity index is 988. The number of rotatable bonds is 7. The third-order valence-electron chi connectivity index (χ3n) is 4.55. The van der Waals surface area contributed by atoms with Crippen LogP contribution in [0.1, 0.15) is 16.8 Å². The lowest BCUT2D eigenvalue weighted by Gasteiger charge is -2.22. The highest BCUT2D eigenvalue weighted by atomic mass is 19.4. The third-order valence-corrected chi connectivity index (χ3v) is 4.55. The molecule has 1 heterocycles. The molecule has 1 N–H and O–H groups in total. The quantitative estimate of drug-likeness (QED) is 0.513. The number of hydrogen-bond donors (Lipinski definition) is 1. The molecule has 1 aromatic heterocycles. The van der Waals surface area contributed by atoms with Gasteiger partial charge < -0.3 is 10.2 Å². The molecule has 2 amide bonds. The van der Waals surface area contributed by atoms with Crippen LogP contribution in [-0.2, 0) is 12.6 Å². The molecule has 0 saturated heterocycles. The number of benzene rings is 2. The van der Waals surface area contributed by atoms with Gasteiger partial charge >= 0.3 is 12.2 Å². The maximum absolute atomic E-state index is 12.8. The van der Waals surface area contributed by atoms with E-state index in [0.29, 0.717) is 25.2 Å². The number of nitrogens with one attached hydrogen (secondary N) is 1. The Balaban J connectivity index is 1.67. The number of aromatic nitrogens is 1. The molecule has 0 saturated carbocycles. The summed E-state index contributed by atoms with van der Waals surface area (Å²) >= 11 is 0. The summed E-state index contributed by atoms with van der Waals surface area (Å²) < 4.78 is 38.2. The number of carbonyl (C=O) groups excluding carboxylic acids is 1. The number of pyridine rings is 1. The van der Waals surface area contributed by atoms with Crippen LogP contribution >= 0.6 is 0 Å². The number of alkyl halides is 3. The highest BCUT2D eigenvalue weighted by Gasteiger charge is 2.30. The van der Waals surface area contributed by atoms with Gasteiger partial charge in [0.05, 0.1) is 5.56 Å². The van der Waals surface area contributed by atoms with Gasteiger partial charge in [0, 0.05) is 37.1 Å². The number of halogens is 3. The van der Waals surface area contributed by atoms with E-state index in [2.05, 4.69) is 10.3 Å². The normalized spacial score (nSPS) is 11.5. The second-order valence-corrected chi connectivity index (χ2v) is 6.84. The van der Waals surface area contributed by atoms with Crippen LogP contribution in [0.3, 0.4) is 0 Å². The van der Waals surface area contributed by atoms with Crippen molar-refractivity contribution in [1.29, 1.82) is 0 Å². The molecule has 0 aliphatic heterocycles. The Kier molecular flexibility index (Phi) is 7.43. The van der Waals surface area contributed by atoms with Crippen molar-refractivity contribution in [2.45, 2.75) is 12.6 Å². The van der Waals surface area contributed by atoms with Crippen molar-refractivity contribution in [3.8, 4) is 0 Å². The van der Waals surface area contributed by atoms with Crippen LogP contribution in [-0.4, -0.2) is 29.0 Å². The second kappa shape index (κ2) is 10.4. The molecule has 4 nitrogen and oxygen atoms in total. The average Bonchev–Trinajstić information content (AvgIpc) is 2.77. The summed E-state index contributed by atoms with van der Waals surface area (Å²) in [5, 5.41) is 2.67.